The van der Waals surface area contributed by atoms with Crippen LogP contribution in [0.1, 0.15) is 5.56 Å². The monoisotopic (exact) mass is 282 g/mol. The van der Waals surface area contributed by atoms with Gasteiger partial charge in [0.15, 0.2) is 0 Å². The molecular formula is C14H8N3O2S-. The molecule has 0 bridgehead atoms. The second-order valence-electron chi connectivity index (χ2n) is 4.19. The van der Waals surface area contributed by atoms with Crippen molar-refractivity contribution in [2.75, 3.05) is 0 Å². The highest BCUT2D eigenvalue weighted by atomic mass is 32.2. The number of benzene rings is 1. The van der Waals surface area contributed by atoms with Gasteiger partial charge in [0.25, 0.3) is 0 Å². The number of pyridine rings is 1. The molecule has 1 atom stereocenters. The molecule has 6 heteroatoms. The lowest BCUT2D eigenvalue weighted by atomic mass is 10.1. The summed E-state index contributed by atoms with van der Waals surface area (Å²) in [5, 5.41) is 9.77. The Morgan fingerprint density at radius 3 is 2.65 bits per heavy atom. The van der Waals surface area contributed by atoms with E-state index in [4.69, 9.17) is 5.26 Å². The van der Waals surface area contributed by atoms with Crippen molar-refractivity contribution in [3.63, 3.8) is 0 Å². The van der Waals surface area contributed by atoms with Gasteiger partial charge in [-0.2, -0.15) is 5.26 Å². The van der Waals surface area contributed by atoms with E-state index in [0.717, 1.165) is 16.5 Å². The molecular weight excluding hydrogens is 274 g/mol. The normalized spacial score (nSPS) is 12.2. The fourth-order valence-electron chi connectivity index (χ4n) is 2.01. The van der Waals surface area contributed by atoms with Gasteiger partial charge in [0.1, 0.15) is 11.7 Å². The van der Waals surface area contributed by atoms with Crippen LogP contribution in [-0.4, -0.2) is 18.7 Å². The van der Waals surface area contributed by atoms with E-state index in [1.165, 1.54) is 12.1 Å². The molecule has 0 amide bonds. The molecule has 0 spiro atoms. The van der Waals surface area contributed by atoms with Crippen molar-refractivity contribution in [2.24, 2.45) is 0 Å². The molecule has 5 nitrogen and oxygen atoms in total. The molecule has 0 saturated carbocycles. The van der Waals surface area contributed by atoms with Gasteiger partial charge >= 0.3 is 0 Å². The second-order valence-corrected chi connectivity index (χ2v) is 5.13. The first kappa shape index (κ1) is 12.5. The molecule has 0 radical (unpaired) electrons. The van der Waals surface area contributed by atoms with Crippen molar-refractivity contribution in [2.45, 2.75) is 4.90 Å². The molecule has 0 saturated heterocycles. The molecule has 0 aliphatic rings. The molecule has 2 aromatic heterocycles. The van der Waals surface area contributed by atoms with Gasteiger partial charge in [0.2, 0.25) is 0 Å². The predicted octanol–water partition coefficient (Wildman–Crippen LogP) is 2.34. The number of aromatic nitrogens is 2. The van der Waals surface area contributed by atoms with Crippen LogP contribution < -0.4 is 0 Å². The van der Waals surface area contributed by atoms with Gasteiger partial charge < -0.3 is 9.54 Å². The fourth-order valence-corrected chi connectivity index (χ4v) is 2.37. The summed E-state index contributed by atoms with van der Waals surface area (Å²) in [6.45, 7) is 0. The highest BCUT2D eigenvalue weighted by Gasteiger charge is 2.06. The molecule has 3 aromatic rings. The topological polar surface area (TPSA) is 92.6 Å². The van der Waals surface area contributed by atoms with Gasteiger partial charge in [-0.15, -0.1) is 0 Å². The summed E-state index contributed by atoms with van der Waals surface area (Å²) >= 11 is -2.23. The van der Waals surface area contributed by atoms with E-state index in [9.17, 15) is 8.76 Å². The van der Waals surface area contributed by atoms with Gasteiger partial charge in [0.05, 0.1) is 5.56 Å². The van der Waals surface area contributed by atoms with E-state index in [1.54, 1.807) is 24.5 Å². The van der Waals surface area contributed by atoms with Gasteiger partial charge in [-0.05, 0) is 34.8 Å². The van der Waals surface area contributed by atoms with E-state index in [0.29, 0.717) is 11.2 Å². The minimum Gasteiger partial charge on any atom is -0.768 e. The predicted molar refractivity (Wildman–Crippen MR) is 73.4 cm³/mol. The Morgan fingerprint density at radius 1 is 1.25 bits per heavy atom. The third kappa shape index (κ3) is 2.09. The molecule has 2 heterocycles. The van der Waals surface area contributed by atoms with Crippen LogP contribution in [0.5, 0.6) is 0 Å². The first-order valence-corrected chi connectivity index (χ1v) is 6.83. The Bertz CT molecular complexity index is 847. The SMILES string of the molecule is N#Cc1c[nH]c2ncc(-c3ccc(S(=O)[O-])cc3)cc12. The molecule has 0 fully saturated rings. The smallest absolute Gasteiger partial charge is 0.138 e. The molecule has 0 aliphatic heterocycles. The Balaban J connectivity index is 2.09. The standard InChI is InChI=1S/C14H9N3O2S/c15-6-11-8-17-14-13(11)5-10(7-16-14)9-1-3-12(4-2-9)20(18)19/h1-5,7-8H,(H,16,17)(H,18,19)/p-1. The van der Waals surface area contributed by atoms with Crippen LogP contribution in [0.25, 0.3) is 22.2 Å². The highest BCUT2D eigenvalue weighted by molar-refractivity contribution is 7.79. The Hall–Kier alpha value is -2.49. The van der Waals surface area contributed by atoms with Crippen LogP contribution in [0, 0.1) is 11.3 Å². The van der Waals surface area contributed by atoms with E-state index in [-0.39, 0.29) is 4.90 Å². The number of nitriles is 1. The van der Waals surface area contributed by atoms with Crippen LogP contribution in [0.3, 0.4) is 0 Å². The lowest BCUT2D eigenvalue weighted by Crippen LogP contribution is -1.88. The summed E-state index contributed by atoms with van der Waals surface area (Å²) in [5.41, 5.74) is 2.87. The fraction of sp³-hybridized carbons (Fsp3) is 0. The van der Waals surface area contributed by atoms with Crippen molar-refractivity contribution in [3.8, 4) is 17.2 Å². The van der Waals surface area contributed by atoms with Crippen molar-refractivity contribution < 1.29 is 8.76 Å². The highest BCUT2D eigenvalue weighted by Crippen LogP contribution is 2.25. The average molecular weight is 282 g/mol. The molecule has 0 aliphatic carbocycles. The Labute approximate surface area is 117 Å². The third-order valence-electron chi connectivity index (χ3n) is 3.03. The lowest BCUT2D eigenvalue weighted by Gasteiger charge is -2.06. The minimum absolute atomic E-state index is 0.238. The largest absolute Gasteiger partial charge is 0.768 e. The third-order valence-corrected chi connectivity index (χ3v) is 3.69. The summed E-state index contributed by atoms with van der Waals surface area (Å²) in [5.74, 6) is 0. The number of H-pyrrole nitrogens is 1. The molecule has 98 valence electrons. The first-order chi connectivity index (χ1) is 9.69. The number of hydrogen-bond donors (Lipinski definition) is 1. The summed E-state index contributed by atoms with van der Waals surface area (Å²) < 4.78 is 21.6. The molecule has 3 rings (SSSR count). The molecule has 1 aromatic carbocycles. The number of hydrogen-bond acceptors (Lipinski definition) is 4. The summed E-state index contributed by atoms with van der Waals surface area (Å²) in [6.07, 6.45) is 3.30. The Kier molecular flexibility index (Phi) is 3.06. The maximum atomic E-state index is 10.8. The second kappa shape index (κ2) is 4.89. The zero-order valence-corrected chi connectivity index (χ0v) is 11.0. The first-order valence-electron chi connectivity index (χ1n) is 5.76. The quantitative estimate of drug-likeness (QED) is 0.730. The minimum atomic E-state index is -2.23. The summed E-state index contributed by atoms with van der Waals surface area (Å²) in [6, 6.07) is 10.5. The van der Waals surface area contributed by atoms with Crippen LogP contribution in [0.15, 0.2) is 47.6 Å². The van der Waals surface area contributed by atoms with Crippen molar-refractivity contribution in [3.05, 3.63) is 48.3 Å². The number of aromatic amines is 1. The van der Waals surface area contributed by atoms with Crippen LogP contribution in [0.4, 0.5) is 0 Å². The maximum absolute atomic E-state index is 10.8. The zero-order chi connectivity index (χ0) is 14.1. The molecule has 20 heavy (non-hydrogen) atoms. The van der Waals surface area contributed by atoms with Gasteiger partial charge in [-0.3, -0.25) is 4.21 Å². The van der Waals surface area contributed by atoms with Gasteiger partial charge in [-0.1, -0.05) is 12.1 Å². The number of fused-ring (bicyclic) bond motifs is 1. The molecule has 1 N–H and O–H groups in total. The van der Waals surface area contributed by atoms with E-state index in [1.807, 2.05) is 6.07 Å². The van der Waals surface area contributed by atoms with Crippen LogP contribution in [0.2, 0.25) is 0 Å². The average Bonchev–Trinajstić information content (AvgIpc) is 2.89. The Morgan fingerprint density at radius 2 is 2.00 bits per heavy atom. The number of nitrogens with one attached hydrogen (secondary N) is 1. The molecule has 1 unspecified atom stereocenters. The lowest BCUT2D eigenvalue weighted by molar-refractivity contribution is 0.537. The van der Waals surface area contributed by atoms with E-state index < -0.39 is 11.1 Å². The maximum Gasteiger partial charge on any atom is 0.138 e. The van der Waals surface area contributed by atoms with Crippen LogP contribution >= 0.6 is 0 Å². The van der Waals surface area contributed by atoms with E-state index >= 15 is 0 Å². The van der Waals surface area contributed by atoms with Crippen LogP contribution in [-0.2, 0) is 11.1 Å². The summed E-state index contributed by atoms with van der Waals surface area (Å²) in [7, 11) is 0. The summed E-state index contributed by atoms with van der Waals surface area (Å²) in [4.78, 5) is 7.42. The number of rotatable bonds is 2. The van der Waals surface area contributed by atoms with Gasteiger partial charge in [-0.25, -0.2) is 4.98 Å². The van der Waals surface area contributed by atoms with Crippen molar-refractivity contribution in [1.82, 2.24) is 9.97 Å². The van der Waals surface area contributed by atoms with Gasteiger partial charge in [0, 0.05) is 28.2 Å². The number of nitrogens with zero attached hydrogens (tertiary/aromatic N) is 2. The van der Waals surface area contributed by atoms with E-state index in [2.05, 4.69) is 16.0 Å². The van der Waals surface area contributed by atoms with Crippen molar-refractivity contribution >= 4 is 22.1 Å². The zero-order valence-electron chi connectivity index (χ0n) is 10.2. The van der Waals surface area contributed by atoms with Crippen molar-refractivity contribution in [1.29, 1.82) is 5.26 Å².